The minimum absolute atomic E-state index is 0.0490. The zero-order valence-electron chi connectivity index (χ0n) is 50.5. The number of carbonyl (C=O) groups is 2. The Labute approximate surface area is 484 Å². The van der Waals surface area contributed by atoms with Gasteiger partial charge in [0.25, 0.3) is 7.82 Å². The lowest BCUT2D eigenvalue weighted by molar-refractivity contribution is -0.870. The molecule has 0 aromatic heterocycles. The molecule has 0 heterocycles. The summed E-state index contributed by atoms with van der Waals surface area (Å²) in [6.45, 7) is 4.04. The highest BCUT2D eigenvalue weighted by Crippen LogP contribution is 2.38. The van der Waals surface area contributed by atoms with Crippen molar-refractivity contribution in [3.05, 3.63) is 158 Å². The Bertz CT molecular complexity index is 1890. The Morgan fingerprint density at radius 1 is 0.405 bits per heavy atom. The van der Waals surface area contributed by atoms with Gasteiger partial charge < -0.3 is 27.9 Å². The highest BCUT2D eigenvalue weighted by Gasteiger charge is 2.21. The summed E-state index contributed by atoms with van der Waals surface area (Å²) in [5.74, 6) is -0.906. The molecule has 0 bridgehead atoms. The number of allylic oxidation sites excluding steroid dienone is 26. The number of hydrogen-bond acceptors (Lipinski definition) is 8. The van der Waals surface area contributed by atoms with Crippen molar-refractivity contribution >= 4 is 19.8 Å². The molecule has 0 aliphatic rings. The first-order valence-electron chi connectivity index (χ1n) is 30.7. The van der Waals surface area contributed by atoms with E-state index in [-0.39, 0.29) is 26.1 Å². The van der Waals surface area contributed by atoms with E-state index in [0.717, 1.165) is 122 Å². The maximum absolute atomic E-state index is 12.8. The first kappa shape index (κ1) is 74.6. The van der Waals surface area contributed by atoms with Crippen LogP contribution in [0.5, 0.6) is 0 Å². The topological polar surface area (TPSA) is 111 Å². The van der Waals surface area contributed by atoms with Crippen LogP contribution in [0.15, 0.2) is 158 Å². The van der Waals surface area contributed by atoms with Crippen LogP contribution in [0.25, 0.3) is 0 Å². The summed E-state index contributed by atoms with van der Waals surface area (Å²) in [6, 6.07) is 0. The Balaban J connectivity index is 4.26. The van der Waals surface area contributed by atoms with E-state index in [1.165, 1.54) is 51.4 Å². The summed E-state index contributed by atoms with van der Waals surface area (Å²) in [7, 11) is 1.11. The van der Waals surface area contributed by atoms with Crippen LogP contribution in [0, 0.1) is 0 Å². The monoisotopic (exact) mass is 1110 g/mol. The van der Waals surface area contributed by atoms with Crippen LogP contribution < -0.4 is 4.89 Å². The second kappa shape index (κ2) is 58.3. The van der Waals surface area contributed by atoms with Crippen LogP contribution in [0.3, 0.4) is 0 Å². The summed E-state index contributed by atoms with van der Waals surface area (Å²) >= 11 is 0. The van der Waals surface area contributed by atoms with E-state index in [2.05, 4.69) is 172 Å². The number of phosphoric acid groups is 1. The molecule has 0 aromatic carbocycles. The third-order valence-electron chi connectivity index (χ3n) is 12.3. The summed E-state index contributed by atoms with van der Waals surface area (Å²) in [5, 5.41) is 0. The van der Waals surface area contributed by atoms with E-state index < -0.39 is 32.5 Å². The van der Waals surface area contributed by atoms with Crippen LogP contribution >= 0.6 is 7.82 Å². The lowest BCUT2D eigenvalue weighted by Gasteiger charge is -2.28. The molecule has 0 saturated carbocycles. The molecule has 79 heavy (non-hydrogen) atoms. The highest BCUT2D eigenvalue weighted by atomic mass is 31.2. The Morgan fingerprint density at radius 3 is 1.11 bits per heavy atom. The molecule has 0 fully saturated rings. The molecular formula is C69H112NO8P. The third-order valence-corrected chi connectivity index (χ3v) is 13.2. The van der Waals surface area contributed by atoms with Gasteiger partial charge in [-0.25, -0.2) is 0 Å². The fourth-order valence-corrected chi connectivity index (χ4v) is 8.30. The molecule has 0 amide bonds. The third kappa shape index (κ3) is 62.7. The van der Waals surface area contributed by atoms with E-state index in [9.17, 15) is 19.0 Å². The second-order valence-electron chi connectivity index (χ2n) is 21.0. The Morgan fingerprint density at radius 2 is 0.722 bits per heavy atom. The van der Waals surface area contributed by atoms with E-state index in [1.807, 2.05) is 21.1 Å². The molecule has 2 atom stereocenters. The normalized spacial score (nSPS) is 14.4. The van der Waals surface area contributed by atoms with Gasteiger partial charge in [0.1, 0.15) is 19.8 Å². The number of rotatable bonds is 54. The summed E-state index contributed by atoms with van der Waals surface area (Å²) in [6.07, 6.45) is 87.3. The number of nitrogens with zero attached hydrogens (tertiary/aromatic N) is 1. The van der Waals surface area contributed by atoms with Crippen molar-refractivity contribution in [2.75, 3.05) is 47.5 Å². The number of hydrogen-bond donors (Lipinski definition) is 0. The van der Waals surface area contributed by atoms with Crippen molar-refractivity contribution in [2.45, 2.75) is 219 Å². The molecule has 0 saturated heterocycles. The molecule has 0 spiro atoms. The maximum atomic E-state index is 12.8. The predicted octanol–water partition coefficient (Wildman–Crippen LogP) is 19.0. The van der Waals surface area contributed by atoms with Gasteiger partial charge in [0.05, 0.1) is 27.7 Å². The van der Waals surface area contributed by atoms with Gasteiger partial charge >= 0.3 is 11.9 Å². The molecule has 0 aliphatic carbocycles. The quantitative estimate of drug-likeness (QED) is 0.0195. The smallest absolute Gasteiger partial charge is 0.306 e. The molecule has 0 aliphatic heterocycles. The molecule has 0 aromatic rings. The van der Waals surface area contributed by atoms with E-state index in [1.54, 1.807) is 0 Å². The average molecular weight is 1110 g/mol. The molecular weight excluding hydrogens is 1000 g/mol. The SMILES string of the molecule is CC/C=C\C/C=C\C/C=C\C/C=C\C/C=C\C/C=C\C/C=C\C/C=C\C/C=C\C/C=C\C/C=C\C/C=C\CCCCC(=O)OC(COC(=O)CCCCCCC/C=C\CCCCCCCCC)COP(=O)([O-])OCC[N+](C)(C)C. The molecule has 9 nitrogen and oxygen atoms in total. The largest absolute Gasteiger partial charge is 0.756 e. The van der Waals surface area contributed by atoms with Crippen molar-refractivity contribution in [3.8, 4) is 0 Å². The molecule has 0 radical (unpaired) electrons. The molecule has 10 heteroatoms. The Hall–Kier alpha value is -4.37. The molecule has 0 rings (SSSR count). The average Bonchev–Trinajstić information content (AvgIpc) is 3.41. The number of carbonyl (C=O) groups excluding carboxylic acids is 2. The van der Waals surface area contributed by atoms with Crippen LogP contribution in [0.1, 0.15) is 213 Å². The van der Waals surface area contributed by atoms with Crippen LogP contribution in [0.4, 0.5) is 0 Å². The standard InChI is InChI=1S/C69H112NO8P/c1-6-8-10-12-14-16-18-20-22-24-25-26-27-28-29-30-31-32-33-34-35-36-37-38-39-40-41-42-43-44-45-46-48-50-52-54-56-58-60-62-69(72)78-67(66-77-79(73,74)76-64-63-70(3,4)5)65-75-68(71)61-59-57-55-53-51-49-47-23-21-19-17-15-13-11-9-7-2/h8,10,14,16,20,22-23,25-26,28-29,31-32,34-35,37-38,40-41,43-44,46-48,52,54,67H,6-7,9,11-13,15,17-19,21,24,27,30,33,36,39,42,45,49-51,53,55-66H2,1-5H3/b10-8-,16-14-,22-20-,26-25-,29-28-,32-31-,35-34-,38-37-,41-40-,44-43-,47-23-,48-46-,54-52-. The van der Waals surface area contributed by atoms with E-state index >= 15 is 0 Å². The number of likely N-dealkylation sites (N-methyl/N-ethyl adjacent to an activating group) is 1. The minimum Gasteiger partial charge on any atom is -0.756 e. The van der Waals surface area contributed by atoms with Crippen LogP contribution in [-0.2, 0) is 32.7 Å². The van der Waals surface area contributed by atoms with Crippen molar-refractivity contribution in [1.29, 1.82) is 0 Å². The lowest BCUT2D eigenvalue weighted by atomic mass is 10.1. The molecule has 2 unspecified atom stereocenters. The predicted molar refractivity (Wildman–Crippen MR) is 337 cm³/mol. The highest BCUT2D eigenvalue weighted by molar-refractivity contribution is 7.45. The number of ether oxygens (including phenoxy) is 2. The Kier molecular flexibility index (Phi) is 55.1. The van der Waals surface area contributed by atoms with Crippen molar-refractivity contribution in [3.63, 3.8) is 0 Å². The van der Waals surface area contributed by atoms with Crippen LogP contribution in [0.2, 0.25) is 0 Å². The van der Waals surface area contributed by atoms with Crippen molar-refractivity contribution < 1.29 is 42.1 Å². The van der Waals surface area contributed by atoms with Gasteiger partial charge in [-0.1, -0.05) is 230 Å². The molecule has 446 valence electrons. The lowest BCUT2D eigenvalue weighted by Crippen LogP contribution is -2.37. The summed E-state index contributed by atoms with van der Waals surface area (Å²) in [5.41, 5.74) is 0. The number of quaternary nitrogens is 1. The van der Waals surface area contributed by atoms with Gasteiger partial charge in [0.15, 0.2) is 6.10 Å². The first-order chi connectivity index (χ1) is 38.5. The fourth-order valence-electron chi connectivity index (χ4n) is 7.57. The molecule has 0 N–H and O–H groups in total. The maximum Gasteiger partial charge on any atom is 0.306 e. The minimum atomic E-state index is -4.66. The number of unbranched alkanes of at least 4 members (excludes halogenated alkanes) is 14. The number of phosphoric ester groups is 1. The van der Waals surface area contributed by atoms with Gasteiger partial charge in [-0.2, -0.15) is 0 Å². The van der Waals surface area contributed by atoms with Gasteiger partial charge in [-0.05, 0) is 128 Å². The number of esters is 2. The van der Waals surface area contributed by atoms with E-state index in [4.69, 9.17) is 18.5 Å². The first-order valence-corrected chi connectivity index (χ1v) is 32.2. The van der Waals surface area contributed by atoms with Gasteiger partial charge in [0, 0.05) is 12.8 Å². The fraction of sp³-hybridized carbons (Fsp3) is 0.594. The van der Waals surface area contributed by atoms with Gasteiger partial charge in [-0.15, -0.1) is 0 Å². The van der Waals surface area contributed by atoms with Crippen LogP contribution in [-0.4, -0.2) is 70.0 Å². The van der Waals surface area contributed by atoms with Gasteiger partial charge in [-0.3, -0.25) is 14.2 Å². The van der Waals surface area contributed by atoms with E-state index in [0.29, 0.717) is 23.9 Å². The summed E-state index contributed by atoms with van der Waals surface area (Å²) in [4.78, 5) is 37.8. The van der Waals surface area contributed by atoms with Crippen molar-refractivity contribution in [2.24, 2.45) is 0 Å². The van der Waals surface area contributed by atoms with Crippen molar-refractivity contribution in [1.82, 2.24) is 0 Å². The zero-order chi connectivity index (χ0) is 57.7. The summed E-state index contributed by atoms with van der Waals surface area (Å²) < 4.78 is 34.1. The van der Waals surface area contributed by atoms with Gasteiger partial charge in [0.2, 0.25) is 0 Å². The zero-order valence-corrected chi connectivity index (χ0v) is 51.4. The second-order valence-corrected chi connectivity index (χ2v) is 22.4.